The van der Waals surface area contributed by atoms with Crippen LogP contribution in [0.1, 0.15) is 0 Å². The SMILES string of the molecule is Cn1cc(-c2cccc(-c3cn(C)nn3)c2)nn1. The molecule has 0 spiro atoms. The van der Waals surface area contributed by atoms with E-state index < -0.39 is 0 Å². The summed E-state index contributed by atoms with van der Waals surface area (Å²) >= 11 is 0. The van der Waals surface area contributed by atoms with Crippen molar-refractivity contribution in [3.63, 3.8) is 0 Å². The van der Waals surface area contributed by atoms with Crippen molar-refractivity contribution in [3.8, 4) is 22.5 Å². The van der Waals surface area contributed by atoms with E-state index in [4.69, 9.17) is 0 Å². The van der Waals surface area contributed by atoms with Gasteiger partial charge in [0.05, 0.1) is 12.4 Å². The molecule has 18 heavy (non-hydrogen) atoms. The van der Waals surface area contributed by atoms with Crippen molar-refractivity contribution < 1.29 is 0 Å². The molecule has 3 aromatic rings. The van der Waals surface area contributed by atoms with Gasteiger partial charge < -0.3 is 0 Å². The maximum Gasteiger partial charge on any atom is 0.113 e. The molecule has 2 heterocycles. The fourth-order valence-electron chi connectivity index (χ4n) is 1.80. The monoisotopic (exact) mass is 240 g/mol. The summed E-state index contributed by atoms with van der Waals surface area (Å²) in [5.41, 5.74) is 3.74. The van der Waals surface area contributed by atoms with Gasteiger partial charge >= 0.3 is 0 Å². The summed E-state index contributed by atoms with van der Waals surface area (Å²) in [5.74, 6) is 0. The van der Waals surface area contributed by atoms with E-state index in [1.165, 1.54) is 0 Å². The van der Waals surface area contributed by atoms with Crippen molar-refractivity contribution >= 4 is 0 Å². The summed E-state index contributed by atoms with van der Waals surface area (Å²) in [6, 6.07) is 8.02. The van der Waals surface area contributed by atoms with Gasteiger partial charge in [0.1, 0.15) is 11.4 Å². The Morgan fingerprint density at radius 2 is 1.33 bits per heavy atom. The summed E-state index contributed by atoms with van der Waals surface area (Å²) < 4.78 is 3.37. The van der Waals surface area contributed by atoms with Gasteiger partial charge in [-0.2, -0.15) is 0 Å². The molecular weight excluding hydrogens is 228 g/mol. The lowest BCUT2D eigenvalue weighted by atomic mass is 10.1. The highest BCUT2D eigenvalue weighted by atomic mass is 15.4. The summed E-state index contributed by atoms with van der Waals surface area (Å²) in [5, 5.41) is 16.1. The van der Waals surface area contributed by atoms with Crippen molar-refractivity contribution in [2.75, 3.05) is 0 Å². The van der Waals surface area contributed by atoms with Crippen molar-refractivity contribution in [2.45, 2.75) is 0 Å². The largest absolute Gasteiger partial charge is 0.255 e. The standard InChI is InChI=1S/C12H12N6/c1-17-7-11(13-15-17)9-4-3-5-10(6-9)12-8-18(2)16-14-12/h3-8H,1-2H3. The number of hydrogen-bond acceptors (Lipinski definition) is 4. The molecule has 0 N–H and O–H groups in total. The molecule has 0 saturated carbocycles. The van der Waals surface area contributed by atoms with Gasteiger partial charge in [0.2, 0.25) is 0 Å². The predicted molar refractivity (Wildman–Crippen MR) is 66.4 cm³/mol. The van der Waals surface area contributed by atoms with E-state index >= 15 is 0 Å². The number of benzene rings is 1. The Kier molecular flexibility index (Phi) is 2.40. The van der Waals surface area contributed by atoms with Crippen LogP contribution in [0.5, 0.6) is 0 Å². The molecule has 0 saturated heterocycles. The lowest BCUT2D eigenvalue weighted by Gasteiger charge is -1.99. The van der Waals surface area contributed by atoms with Gasteiger partial charge in [0, 0.05) is 25.2 Å². The van der Waals surface area contributed by atoms with Crippen molar-refractivity contribution in [2.24, 2.45) is 14.1 Å². The minimum Gasteiger partial charge on any atom is -0.255 e. The second-order valence-corrected chi connectivity index (χ2v) is 4.14. The van der Waals surface area contributed by atoms with Crippen LogP contribution < -0.4 is 0 Å². The lowest BCUT2D eigenvalue weighted by Crippen LogP contribution is -1.85. The van der Waals surface area contributed by atoms with Crippen LogP contribution in [0, 0.1) is 0 Å². The van der Waals surface area contributed by atoms with Crippen molar-refractivity contribution in [1.82, 2.24) is 30.0 Å². The smallest absolute Gasteiger partial charge is 0.113 e. The van der Waals surface area contributed by atoms with Crippen LogP contribution in [-0.2, 0) is 14.1 Å². The second-order valence-electron chi connectivity index (χ2n) is 4.14. The zero-order valence-corrected chi connectivity index (χ0v) is 10.1. The highest BCUT2D eigenvalue weighted by Crippen LogP contribution is 2.23. The minimum absolute atomic E-state index is 0.850. The molecular formula is C12H12N6. The van der Waals surface area contributed by atoms with Crippen LogP contribution in [0.25, 0.3) is 22.5 Å². The topological polar surface area (TPSA) is 61.4 Å². The van der Waals surface area contributed by atoms with Gasteiger partial charge in [-0.25, -0.2) is 0 Å². The summed E-state index contributed by atoms with van der Waals surface area (Å²) in [7, 11) is 3.70. The Morgan fingerprint density at radius 1 is 0.833 bits per heavy atom. The van der Waals surface area contributed by atoms with Gasteiger partial charge in [-0.3, -0.25) is 9.36 Å². The van der Waals surface area contributed by atoms with Crippen LogP contribution >= 0.6 is 0 Å². The molecule has 6 nitrogen and oxygen atoms in total. The fourth-order valence-corrected chi connectivity index (χ4v) is 1.80. The number of aromatic nitrogens is 6. The molecule has 0 aliphatic carbocycles. The number of aryl methyl sites for hydroxylation is 2. The lowest BCUT2D eigenvalue weighted by molar-refractivity contribution is 0.715. The van der Waals surface area contributed by atoms with E-state index in [1.54, 1.807) is 9.36 Å². The summed E-state index contributed by atoms with van der Waals surface area (Å²) in [6.07, 6.45) is 3.77. The summed E-state index contributed by atoms with van der Waals surface area (Å²) in [4.78, 5) is 0. The normalized spacial score (nSPS) is 10.8. The van der Waals surface area contributed by atoms with Gasteiger partial charge in [0.25, 0.3) is 0 Å². The molecule has 6 heteroatoms. The minimum atomic E-state index is 0.850. The fraction of sp³-hybridized carbons (Fsp3) is 0.167. The van der Waals surface area contributed by atoms with E-state index in [0.29, 0.717) is 0 Å². The third kappa shape index (κ3) is 1.88. The molecule has 0 aliphatic rings. The van der Waals surface area contributed by atoms with Gasteiger partial charge in [0.15, 0.2) is 0 Å². The van der Waals surface area contributed by atoms with E-state index in [2.05, 4.69) is 20.6 Å². The second kappa shape index (κ2) is 4.06. The molecule has 2 aromatic heterocycles. The van der Waals surface area contributed by atoms with Gasteiger partial charge in [-0.1, -0.05) is 28.6 Å². The molecule has 0 amide bonds. The zero-order chi connectivity index (χ0) is 12.5. The molecule has 0 bridgehead atoms. The van der Waals surface area contributed by atoms with Crippen LogP contribution in [0.4, 0.5) is 0 Å². The Morgan fingerprint density at radius 3 is 1.72 bits per heavy atom. The maximum absolute atomic E-state index is 4.10. The average Bonchev–Trinajstić information content (AvgIpc) is 2.98. The molecule has 3 rings (SSSR count). The van der Waals surface area contributed by atoms with Crippen molar-refractivity contribution in [1.29, 1.82) is 0 Å². The number of rotatable bonds is 2. The number of nitrogens with zero attached hydrogens (tertiary/aromatic N) is 6. The van der Waals surface area contributed by atoms with E-state index in [0.717, 1.165) is 22.5 Å². The van der Waals surface area contributed by atoms with E-state index in [1.807, 2.05) is 50.8 Å². The van der Waals surface area contributed by atoms with Crippen LogP contribution in [-0.4, -0.2) is 30.0 Å². The highest BCUT2D eigenvalue weighted by Gasteiger charge is 2.06. The number of hydrogen-bond donors (Lipinski definition) is 0. The maximum atomic E-state index is 4.10. The Labute approximate surface area is 104 Å². The highest BCUT2D eigenvalue weighted by molar-refractivity contribution is 5.68. The first kappa shape index (κ1) is 10.6. The molecule has 0 atom stereocenters. The van der Waals surface area contributed by atoms with Crippen LogP contribution in [0.2, 0.25) is 0 Å². The first-order valence-electron chi connectivity index (χ1n) is 5.56. The Bertz CT molecular complexity index is 626. The molecule has 0 fully saturated rings. The third-order valence-corrected chi connectivity index (χ3v) is 2.66. The first-order chi connectivity index (χ1) is 8.72. The Balaban J connectivity index is 2.04. The van der Waals surface area contributed by atoms with E-state index in [9.17, 15) is 0 Å². The quantitative estimate of drug-likeness (QED) is 0.677. The predicted octanol–water partition coefficient (Wildman–Crippen LogP) is 1.28. The first-order valence-corrected chi connectivity index (χ1v) is 5.56. The zero-order valence-electron chi connectivity index (χ0n) is 10.1. The molecule has 0 radical (unpaired) electrons. The van der Waals surface area contributed by atoms with Gasteiger partial charge in [-0.15, -0.1) is 10.2 Å². The van der Waals surface area contributed by atoms with E-state index in [-0.39, 0.29) is 0 Å². The third-order valence-electron chi connectivity index (χ3n) is 2.66. The summed E-state index contributed by atoms with van der Waals surface area (Å²) in [6.45, 7) is 0. The molecule has 0 aliphatic heterocycles. The Hall–Kier alpha value is -2.50. The molecule has 1 aromatic carbocycles. The average molecular weight is 240 g/mol. The molecule has 0 unspecified atom stereocenters. The molecule has 90 valence electrons. The van der Waals surface area contributed by atoms with Gasteiger partial charge in [-0.05, 0) is 6.07 Å². The van der Waals surface area contributed by atoms with Crippen LogP contribution in [0.15, 0.2) is 36.7 Å². The van der Waals surface area contributed by atoms with Crippen molar-refractivity contribution in [3.05, 3.63) is 36.7 Å². The van der Waals surface area contributed by atoms with Crippen LogP contribution in [0.3, 0.4) is 0 Å².